The lowest BCUT2D eigenvalue weighted by Crippen LogP contribution is -2.03. The van der Waals surface area contributed by atoms with Crippen LogP contribution in [0.3, 0.4) is 0 Å². The van der Waals surface area contributed by atoms with Crippen molar-refractivity contribution in [2.75, 3.05) is 14.2 Å². The lowest BCUT2D eigenvalue weighted by Gasteiger charge is -2.13. The first-order chi connectivity index (χ1) is 11.1. The van der Waals surface area contributed by atoms with E-state index in [-0.39, 0.29) is 11.3 Å². The minimum absolute atomic E-state index is 0.0755. The van der Waals surface area contributed by atoms with Gasteiger partial charge in [0.25, 0.3) is 0 Å². The SMILES string of the molecule is COc1cc(-c2c(C)[nH]c3ccccc23)cc(C(=O)O)c1OC. The summed E-state index contributed by atoms with van der Waals surface area (Å²) in [5.41, 5.74) is 3.78. The Morgan fingerprint density at radius 3 is 2.52 bits per heavy atom. The molecule has 0 aliphatic carbocycles. The molecule has 0 radical (unpaired) electrons. The van der Waals surface area contributed by atoms with E-state index in [1.54, 1.807) is 12.1 Å². The Kier molecular flexibility index (Phi) is 3.70. The molecular formula is C18H17NO4. The second-order valence-electron chi connectivity index (χ2n) is 5.24. The molecule has 0 fully saturated rings. The van der Waals surface area contributed by atoms with Crippen LogP contribution in [0, 0.1) is 6.92 Å². The van der Waals surface area contributed by atoms with Crippen molar-refractivity contribution in [3.05, 3.63) is 47.7 Å². The third-order valence-corrected chi connectivity index (χ3v) is 3.89. The summed E-state index contributed by atoms with van der Waals surface area (Å²) in [6.07, 6.45) is 0. The van der Waals surface area contributed by atoms with E-state index in [1.807, 2.05) is 31.2 Å². The number of hydrogen-bond donors (Lipinski definition) is 2. The van der Waals surface area contributed by atoms with Gasteiger partial charge in [0.2, 0.25) is 0 Å². The average molecular weight is 311 g/mol. The highest BCUT2D eigenvalue weighted by Gasteiger charge is 2.20. The number of aromatic carboxylic acids is 1. The summed E-state index contributed by atoms with van der Waals surface area (Å²) in [7, 11) is 2.93. The number of benzene rings is 2. The van der Waals surface area contributed by atoms with E-state index < -0.39 is 5.97 Å². The van der Waals surface area contributed by atoms with Crippen LogP contribution < -0.4 is 9.47 Å². The van der Waals surface area contributed by atoms with Crippen molar-refractivity contribution in [1.29, 1.82) is 0 Å². The minimum atomic E-state index is -1.06. The first kappa shape index (κ1) is 15.0. The summed E-state index contributed by atoms with van der Waals surface area (Å²) in [5, 5.41) is 10.5. The Labute approximate surface area is 133 Å². The number of aryl methyl sites for hydroxylation is 1. The normalized spacial score (nSPS) is 10.7. The molecule has 0 spiro atoms. The summed E-state index contributed by atoms with van der Waals surface area (Å²) in [5.74, 6) is -0.437. The van der Waals surface area contributed by atoms with Crippen molar-refractivity contribution in [1.82, 2.24) is 4.98 Å². The highest BCUT2D eigenvalue weighted by Crippen LogP contribution is 2.39. The molecule has 0 bridgehead atoms. The third kappa shape index (κ3) is 2.40. The van der Waals surface area contributed by atoms with Crippen molar-refractivity contribution < 1.29 is 19.4 Å². The first-order valence-electron chi connectivity index (χ1n) is 7.13. The molecule has 23 heavy (non-hydrogen) atoms. The Morgan fingerprint density at radius 1 is 1.13 bits per heavy atom. The zero-order valence-corrected chi connectivity index (χ0v) is 13.1. The van der Waals surface area contributed by atoms with Gasteiger partial charge in [-0.25, -0.2) is 4.79 Å². The number of ether oxygens (including phenoxy) is 2. The predicted molar refractivity (Wildman–Crippen MR) is 88.5 cm³/mol. The van der Waals surface area contributed by atoms with Gasteiger partial charge >= 0.3 is 5.97 Å². The molecule has 0 aliphatic heterocycles. The number of rotatable bonds is 4. The van der Waals surface area contributed by atoms with E-state index in [4.69, 9.17) is 9.47 Å². The lowest BCUT2D eigenvalue weighted by molar-refractivity contribution is 0.0692. The van der Waals surface area contributed by atoms with Crippen molar-refractivity contribution in [2.24, 2.45) is 0 Å². The highest BCUT2D eigenvalue weighted by atomic mass is 16.5. The third-order valence-electron chi connectivity index (χ3n) is 3.89. The summed E-state index contributed by atoms with van der Waals surface area (Å²) in [6, 6.07) is 11.3. The number of aromatic amines is 1. The van der Waals surface area contributed by atoms with Crippen LogP contribution >= 0.6 is 0 Å². The van der Waals surface area contributed by atoms with Gasteiger partial charge in [0, 0.05) is 22.2 Å². The number of nitrogens with one attached hydrogen (secondary N) is 1. The van der Waals surface area contributed by atoms with E-state index >= 15 is 0 Å². The van der Waals surface area contributed by atoms with Gasteiger partial charge in [0.1, 0.15) is 5.56 Å². The maximum absolute atomic E-state index is 11.6. The van der Waals surface area contributed by atoms with Gasteiger partial charge in [-0.3, -0.25) is 0 Å². The standard InChI is InChI=1S/C18H17NO4/c1-10-16(12-6-4-5-7-14(12)19-10)11-8-13(18(20)21)17(23-3)15(9-11)22-2/h4-9,19H,1-3H3,(H,20,21). The largest absolute Gasteiger partial charge is 0.493 e. The molecule has 2 N–H and O–H groups in total. The summed E-state index contributed by atoms with van der Waals surface area (Å²) in [6.45, 7) is 1.96. The van der Waals surface area contributed by atoms with E-state index in [9.17, 15) is 9.90 Å². The fraction of sp³-hybridized carbons (Fsp3) is 0.167. The smallest absolute Gasteiger partial charge is 0.339 e. The van der Waals surface area contributed by atoms with Crippen molar-refractivity contribution >= 4 is 16.9 Å². The number of aromatic nitrogens is 1. The van der Waals surface area contributed by atoms with Gasteiger partial charge in [-0.2, -0.15) is 0 Å². The van der Waals surface area contributed by atoms with Crippen LogP contribution in [0.5, 0.6) is 11.5 Å². The van der Waals surface area contributed by atoms with Gasteiger partial charge in [-0.1, -0.05) is 18.2 Å². The van der Waals surface area contributed by atoms with Crippen LogP contribution in [0.2, 0.25) is 0 Å². The maximum Gasteiger partial charge on any atom is 0.339 e. The zero-order valence-electron chi connectivity index (χ0n) is 13.1. The molecule has 0 aliphatic rings. The number of carbonyl (C=O) groups is 1. The van der Waals surface area contributed by atoms with E-state index in [1.165, 1.54) is 14.2 Å². The molecule has 3 aromatic rings. The summed E-state index contributed by atoms with van der Waals surface area (Å²) < 4.78 is 10.5. The van der Waals surface area contributed by atoms with Crippen LogP contribution in [0.1, 0.15) is 16.1 Å². The Balaban J connectivity index is 2.33. The summed E-state index contributed by atoms with van der Waals surface area (Å²) >= 11 is 0. The Bertz CT molecular complexity index is 895. The van der Waals surface area contributed by atoms with Gasteiger partial charge in [0.05, 0.1) is 14.2 Å². The molecule has 1 heterocycles. The summed E-state index contributed by atoms with van der Waals surface area (Å²) in [4.78, 5) is 14.9. The van der Waals surface area contributed by atoms with Crippen LogP contribution in [0.25, 0.3) is 22.0 Å². The monoisotopic (exact) mass is 311 g/mol. The number of carboxylic acid groups (broad SMARTS) is 1. The highest BCUT2D eigenvalue weighted by molar-refractivity contribution is 6.00. The first-order valence-corrected chi connectivity index (χ1v) is 7.13. The predicted octanol–water partition coefficient (Wildman–Crippen LogP) is 3.86. The van der Waals surface area contributed by atoms with Crippen LogP contribution in [0.4, 0.5) is 0 Å². The van der Waals surface area contributed by atoms with Crippen molar-refractivity contribution in [3.63, 3.8) is 0 Å². The Morgan fingerprint density at radius 2 is 1.87 bits per heavy atom. The fourth-order valence-corrected chi connectivity index (χ4v) is 2.92. The van der Waals surface area contributed by atoms with Crippen LogP contribution in [-0.2, 0) is 0 Å². The molecule has 0 saturated carbocycles. The molecule has 0 amide bonds. The number of carboxylic acids is 1. The molecule has 0 atom stereocenters. The molecule has 0 unspecified atom stereocenters. The second-order valence-corrected chi connectivity index (χ2v) is 5.24. The number of hydrogen-bond acceptors (Lipinski definition) is 3. The molecule has 5 heteroatoms. The average Bonchev–Trinajstić information content (AvgIpc) is 2.89. The molecule has 1 aromatic heterocycles. The van der Waals surface area contributed by atoms with E-state index in [0.29, 0.717) is 5.75 Å². The molecule has 0 saturated heterocycles. The quantitative estimate of drug-likeness (QED) is 0.767. The van der Waals surface area contributed by atoms with E-state index in [2.05, 4.69) is 4.98 Å². The topological polar surface area (TPSA) is 71.6 Å². The van der Waals surface area contributed by atoms with Gasteiger partial charge in [-0.05, 0) is 30.7 Å². The van der Waals surface area contributed by atoms with Crippen molar-refractivity contribution in [2.45, 2.75) is 6.92 Å². The minimum Gasteiger partial charge on any atom is -0.493 e. The zero-order chi connectivity index (χ0) is 16.6. The number of para-hydroxylation sites is 1. The molecular weight excluding hydrogens is 294 g/mol. The van der Waals surface area contributed by atoms with Crippen LogP contribution in [0.15, 0.2) is 36.4 Å². The molecule has 118 valence electrons. The molecule has 3 rings (SSSR count). The van der Waals surface area contributed by atoms with Gasteiger partial charge < -0.3 is 19.6 Å². The number of methoxy groups -OCH3 is 2. The number of fused-ring (bicyclic) bond motifs is 1. The molecule has 2 aromatic carbocycles. The lowest BCUT2D eigenvalue weighted by atomic mass is 9.99. The maximum atomic E-state index is 11.6. The van der Waals surface area contributed by atoms with Gasteiger partial charge in [-0.15, -0.1) is 0 Å². The second kappa shape index (κ2) is 5.68. The molecule has 5 nitrogen and oxygen atoms in total. The number of H-pyrrole nitrogens is 1. The van der Waals surface area contributed by atoms with Crippen molar-refractivity contribution in [3.8, 4) is 22.6 Å². The Hall–Kier alpha value is -2.95. The fourth-order valence-electron chi connectivity index (χ4n) is 2.92. The van der Waals surface area contributed by atoms with Gasteiger partial charge in [0.15, 0.2) is 11.5 Å². The van der Waals surface area contributed by atoms with Crippen LogP contribution in [-0.4, -0.2) is 30.3 Å². The van der Waals surface area contributed by atoms with E-state index in [0.717, 1.165) is 27.7 Å².